The van der Waals surface area contributed by atoms with Crippen molar-refractivity contribution in [1.82, 2.24) is 15.4 Å². The fraction of sp³-hybridized carbons (Fsp3) is 0.200. The Morgan fingerprint density at radius 2 is 1.88 bits per heavy atom. The molecule has 3 aromatic rings. The van der Waals surface area contributed by atoms with Crippen molar-refractivity contribution in [3.8, 4) is 5.75 Å². The molecule has 138 valence electrons. The van der Waals surface area contributed by atoms with Gasteiger partial charge in [0.15, 0.2) is 5.75 Å². The smallest absolute Gasteiger partial charge is 0.262 e. The number of nitrogens with zero attached hydrogens (tertiary/aromatic N) is 2. The second kappa shape index (κ2) is 7.67. The maximum Gasteiger partial charge on any atom is 0.262 e. The third-order valence-electron chi connectivity index (χ3n) is 3.41. The van der Waals surface area contributed by atoms with Crippen molar-refractivity contribution in [3.63, 3.8) is 0 Å². The number of hydrogen-bond acceptors (Lipinski definition) is 6. The fourth-order valence-electron chi connectivity index (χ4n) is 2.21. The Hall–Kier alpha value is -2.07. The third kappa shape index (κ3) is 3.85. The number of para-hydroxylation sites is 1. The molecule has 8 nitrogen and oxygen atoms in total. The van der Waals surface area contributed by atoms with Gasteiger partial charge >= 0.3 is 0 Å². The average Bonchev–Trinajstić information content (AvgIpc) is 3.07. The molecule has 0 aliphatic heterocycles. The first kappa shape index (κ1) is 18.7. The molecule has 0 atom stereocenters. The van der Waals surface area contributed by atoms with E-state index in [-0.39, 0.29) is 33.0 Å². The topological polar surface area (TPSA) is 106 Å². The van der Waals surface area contributed by atoms with Crippen LogP contribution in [0.5, 0.6) is 5.75 Å². The number of aromatic nitrogens is 3. The summed E-state index contributed by atoms with van der Waals surface area (Å²) in [6.45, 7) is 0.574. The van der Waals surface area contributed by atoms with Gasteiger partial charge in [-0.2, -0.15) is 15.4 Å². The Bertz CT molecular complexity index is 1020. The molecule has 0 radical (unpaired) electrons. The second-order valence-corrected chi connectivity index (χ2v) is 7.66. The number of aromatic amines is 1. The first-order chi connectivity index (χ1) is 12.4. The molecule has 1 aromatic heterocycles. The highest BCUT2D eigenvalue weighted by molar-refractivity contribution is 7.92. The van der Waals surface area contributed by atoms with Crippen LogP contribution in [0.25, 0.3) is 11.0 Å². The number of rotatable bonds is 7. The molecule has 2 N–H and O–H groups in total. The van der Waals surface area contributed by atoms with Crippen LogP contribution in [0.3, 0.4) is 0 Å². The molecule has 0 saturated carbocycles. The number of halogens is 2. The van der Waals surface area contributed by atoms with Crippen molar-refractivity contribution in [2.45, 2.75) is 4.90 Å². The molecule has 2 aromatic carbocycles. The summed E-state index contributed by atoms with van der Waals surface area (Å²) in [4.78, 5) is -0.105. The molecule has 0 amide bonds. The van der Waals surface area contributed by atoms with E-state index < -0.39 is 10.0 Å². The van der Waals surface area contributed by atoms with Crippen molar-refractivity contribution in [1.29, 1.82) is 0 Å². The number of methoxy groups -OCH3 is 1. The lowest BCUT2D eigenvalue weighted by atomic mass is 10.3. The predicted molar refractivity (Wildman–Crippen MR) is 98.5 cm³/mol. The minimum Gasteiger partial charge on any atom is -0.488 e. The quantitative estimate of drug-likeness (QED) is 0.573. The van der Waals surface area contributed by atoms with E-state index in [9.17, 15) is 8.42 Å². The summed E-state index contributed by atoms with van der Waals surface area (Å²) in [5, 5.41) is 10.5. The van der Waals surface area contributed by atoms with Gasteiger partial charge in [0.05, 0.1) is 27.2 Å². The molecule has 11 heteroatoms. The lowest BCUT2D eigenvalue weighted by Crippen LogP contribution is -2.14. The number of ether oxygens (including phenoxy) is 2. The van der Waals surface area contributed by atoms with Gasteiger partial charge in [0.2, 0.25) is 0 Å². The SMILES string of the molecule is COCCOc1c(Cl)cc(S(=O)(=O)Nc2cccc3n[nH]nc23)cc1Cl. The van der Waals surface area contributed by atoms with E-state index in [4.69, 9.17) is 32.7 Å². The largest absolute Gasteiger partial charge is 0.488 e. The van der Waals surface area contributed by atoms with Crippen LogP contribution in [0.1, 0.15) is 0 Å². The van der Waals surface area contributed by atoms with Crippen molar-refractivity contribution >= 4 is 49.9 Å². The highest BCUT2D eigenvalue weighted by Crippen LogP contribution is 2.36. The van der Waals surface area contributed by atoms with Crippen LogP contribution in [-0.4, -0.2) is 44.2 Å². The Morgan fingerprint density at radius 1 is 1.15 bits per heavy atom. The average molecular weight is 417 g/mol. The van der Waals surface area contributed by atoms with E-state index in [1.54, 1.807) is 18.2 Å². The molecular weight excluding hydrogens is 403 g/mol. The molecule has 1 heterocycles. The number of sulfonamides is 1. The molecule has 0 saturated heterocycles. The minimum absolute atomic E-state index is 0.0774. The van der Waals surface area contributed by atoms with Crippen LogP contribution < -0.4 is 9.46 Å². The predicted octanol–water partition coefficient (Wildman–Crippen LogP) is 3.09. The maximum absolute atomic E-state index is 12.7. The van der Waals surface area contributed by atoms with E-state index >= 15 is 0 Å². The molecular formula is C15H14Cl2N4O4S. The van der Waals surface area contributed by atoms with Gasteiger partial charge in [-0.3, -0.25) is 4.72 Å². The van der Waals surface area contributed by atoms with Crippen molar-refractivity contribution < 1.29 is 17.9 Å². The third-order valence-corrected chi connectivity index (χ3v) is 5.31. The van der Waals surface area contributed by atoms with Gasteiger partial charge in [-0.05, 0) is 24.3 Å². The van der Waals surface area contributed by atoms with Crippen LogP contribution in [0, 0.1) is 0 Å². The summed E-state index contributed by atoms with van der Waals surface area (Å²) in [6, 6.07) is 7.47. The van der Waals surface area contributed by atoms with E-state index in [1.807, 2.05) is 0 Å². The zero-order valence-electron chi connectivity index (χ0n) is 13.5. The van der Waals surface area contributed by atoms with E-state index in [2.05, 4.69) is 20.1 Å². The molecule has 0 bridgehead atoms. The van der Waals surface area contributed by atoms with Crippen LogP contribution in [-0.2, 0) is 14.8 Å². The monoisotopic (exact) mass is 416 g/mol. The molecule has 3 rings (SSSR count). The van der Waals surface area contributed by atoms with Gasteiger partial charge in [0, 0.05) is 7.11 Å². The molecule has 26 heavy (non-hydrogen) atoms. The number of fused-ring (bicyclic) bond motifs is 1. The number of hydrogen-bond donors (Lipinski definition) is 2. The first-order valence-corrected chi connectivity index (χ1v) is 9.59. The van der Waals surface area contributed by atoms with Gasteiger partial charge in [-0.15, -0.1) is 0 Å². The number of benzene rings is 2. The molecule has 0 aliphatic carbocycles. The van der Waals surface area contributed by atoms with Gasteiger partial charge in [0.25, 0.3) is 10.0 Å². The highest BCUT2D eigenvalue weighted by Gasteiger charge is 2.21. The number of H-pyrrole nitrogens is 1. The first-order valence-electron chi connectivity index (χ1n) is 7.35. The van der Waals surface area contributed by atoms with Crippen LogP contribution in [0.4, 0.5) is 5.69 Å². The summed E-state index contributed by atoms with van der Waals surface area (Å²) < 4.78 is 38.2. The van der Waals surface area contributed by atoms with Gasteiger partial charge in [0.1, 0.15) is 17.6 Å². The number of nitrogens with one attached hydrogen (secondary N) is 2. The molecule has 0 aliphatic rings. The number of anilines is 1. The van der Waals surface area contributed by atoms with Gasteiger partial charge in [-0.1, -0.05) is 29.3 Å². The lowest BCUT2D eigenvalue weighted by molar-refractivity contribution is 0.146. The van der Waals surface area contributed by atoms with Crippen molar-refractivity contribution in [2.24, 2.45) is 0 Å². The molecule has 0 unspecified atom stereocenters. The fourth-order valence-corrected chi connectivity index (χ4v) is 4.05. The second-order valence-electron chi connectivity index (χ2n) is 5.16. The van der Waals surface area contributed by atoms with E-state index in [1.165, 1.54) is 19.2 Å². The Labute approximate surface area is 159 Å². The highest BCUT2D eigenvalue weighted by atomic mass is 35.5. The normalized spacial score (nSPS) is 11.7. The van der Waals surface area contributed by atoms with Crippen molar-refractivity contribution in [3.05, 3.63) is 40.4 Å². The summed E-state index contributed by atoms with van der Waals surface area (Å²) in [5.74, 6) is 0.197. The Kier molecular flexibility index (Phi) is 5.52. The summed E-state index contributed by atoms with van der Waals surface area (Å²) >= 11 is 12.3. The summed E-state index contributed by atoms with van der Waals surface area (Å²) in [5.41, 5.74) is 1.21. The van der Waals surface area contributed by atoms with Crippen LogP contribution >= 0.6 is 23.2 Å². The Balaban J connectivity index is 1.91. The maximum atomic E-state index is 12.7. The van der Waals surface area contributed by atoms with Gasteiger partial charge < -0.3 is 9.47 Å². The van der Waals surface area contributed by atoms with Gasteiger partial charge in [-0.25, -0.2) is 8.42 Å². The zero-order valence-corrected chi connectivity index (χ0v) is 15.8. The minimum atomic E-state index is -3.95. The van der Waals surface area contributed by atoms with E-state index in [0.717, 1.165) is 0 Å². The summed E-state index contributed by atoms with van der Waals surface area (Å²) in [6.07, 6.45) is 0. The van der Waals surface area contributed by atoms with Crippen LogP contribution in [0.2, 0.25) is 10.0 Å². The Morgan fingerprint density at radius 3 is 2.58 bits per heavy atom. The van der Waals surface area contributed by atoms with E-state index in [0.29, 0.717) is 17.6 Å². The lowest BCUT2D eigenvalue weighted by Gasteiger charge is -2.13. The summed E-state index contributed by atoms with van der Waals surface area (Å²) in [7, 11) is -2.42. The zero-order chi connectivity index (χ0) is 18.7. The standard InChI is InChI=1S/C15H14Cl2N4O4S/c1-24-5-6-25-15-10(16)7-9(8-11(15)17)26(22,23)20-13-4-2-3-12-14(13)19-21-18-12/h2-4,7-8,20H,5-6H2,1H3,(H,18,19,21). The van der Waals surface area contributed by atoms with Crippen LogP contribution in [0.15, 0.2) is 35.2 Å². The molecule has 0 spiro atoms. The van der Waals surface area contributed by atoms with Crippen molar-refractivity contribution in [2.75, 3.05) is 25.0 Å². The molecule has 0 fully saturated rings.